The van der Waals surface area contributed by atoms with Gasteiger partial charge in [0.2, 0.25) is 10.0 Å². The average Bonchev–Trinajstić information content (AvgIpc) is 3.36. The van der Waals surface area contributed by atoms with Gasteiger partial charge in [0, 0.05) is 48.7 Å². The van der Waals surface area contributed by atoms with Crippen molar-refractivity contribution in [1.29, 1.82) is 0 Å². The maximum atomic E-state index is 12.5. The number of aromatic nitrogens is 2. The molecule has 0 bridgehead atoms. The maximum absolute atomic E-state index is 12.5. The van der Waals surface area contributed by atoms with Gasteiger partial charge in [-0.05, 0) is 43.5 Å². The molecule has 1 N–H and O–H groups in total. The summed E-state index contributed by atoms with van der Waals surface area (Å²) in [6.07, 6.45) is 2.08. The number of hydrogen-bond donors (Lipinski definition) is 1. The van der Waals surface area contributed by atoms with Gasteiger partial charge in [0.15, 0.2) is 6.29 Å². The second kappa shape index (κ2) is 12.2. The number of thiophene rings is 1. The van der Waals surface area contributed by atoms with Gasteiger partial charge in [-0.3, -0.25) is 4.79 Å². The third kappa shape index (κ3) is 5.91. The number of amides is 1. The van der Waals surface area contributed by atoms with Crippen molar-refractivity contribution in [2.24, 2.45) is 0 Å². The number of hydrogen-bond acceptors (Lipinski definition) is 6. The van der Waals surface area contributed by atoms with Crippen LogP contribution in [-0.4, -0.2) is 30.7 Å². The molecule has 4 aromatic rings. The topological polar surface area (TPSA) is 98.1 Å². The quantitative estimate of drug-likeness (QED) is 0.178. The normalized spacial score (nSPS) is 10.8. The maximum Gasteiger partial charge on any atom is 0.244 e. The molecule has 7 nitrogen and oxygen atoms in total. The Morgan fingerprint density at radius 3 is 2.36 bits per heavy atom. The molecule has 0 aliphatic carbocycles. The molecule has 1 radical (unpaired) electrons. The second-order valence-electron chi connectivity index (χ2n) is 7.88. The fraction of sp³-hybridized carbons (Fsp3) is 0.154. The molecule has 0 saturated heterocycles. The Bertz CT molecular complexity index is 1490. The molecule has 0 spiro atoms. The summed E-state index contributed by atoms with van der Waals surface area (Å²) < 4.78 is 28.7. The van der Waals surface area contributed by atoms with E-state index in [1.165, 1.54) is 6.41 Å². The number of carbonyl (C=O) groups excluding carboxylic acids is 2. The van der Waals surface area contributed by atoms with E-state index >= 15 is 0 Å². The minimum absolute atomic E-state index is 0. The van der Waals surface area contributed by atoms with Crippen molar-refractivity contribution in [1.82, 2.24) is 14.3 Å². The predicted octanol–water partition coefficient (Wildman–Crippen LogP) is 4.86. The standard InChI is InChI=1S/C25H22N3O4S2.CH3.Y/c1-16-11-20(22-12-17(2)33-25(22)34(31,32)26-15-30)9-10-21(16)13-28-23(14-29)18(3)27-24(28)19-7-5-4-6-8-19;;/h4-12,14H,13H2,1-3H3,(H,26,30);1H3;/q2*-1;. The largest absolute Gasteiger partial charge is 0.519 e. The van der Waals surface area contributed by atoms with Crippen LogP contribution < -0.4 is 4.72 Å². The number of benzene rings is 2. The molecule has 0 aliphatic rings. The predicted molar refractivity (Wildman–Crippen MR) is 139 cm³/mol. The van der Waals surface area contributed by atoms with Gasteiger partial charge in [-0.15, -0.1) is 11.3 Å². The number of sulfonamides is 1. The number of nitrogens with zero attached hydrogens (tertiary/aromatic N) is 2. The molecule has 4 rings (SSSR count). The van der Waals surface area contributed by atoms with Gasteiger partial charge < -0.3 is 21.5 Å². The van der Waals surface area contributed by atoms with E-state index in [0.29, 0.717) is 29.3 Å². The van der Waals surface area contributed by atoms with Crippen molar-refractivity contribution in [3.05, 3.63) is 89.4 Å². The number of nitrogens with one attached hydrogen (secondary N) is 1. The summed E-state index contributed by atoms with van der Waals surface area (Å²) in [6.45, 7) is 6.00. The van der Waals surface area contributed by atoms with E-state index in [1.54, 1.807) is 10.8 Å². The first kappa shape index (κ1) is 29.8. The Balaban J connectivity index is 0.00000228. The van der Waals surface area contributed by atoms with Crippen molar-refractivity contribution >= 4 is 34.1 Å². The minimum Gasteiger partial charge on any atom is -0.519 e. The monoisotopic (exact) mass is 596 g/mol. The summed E-state index contributed by atoms with van der Waals surface area (Å²) in [7, 11) is -3.99. The molecule has 185 valence electrons. The summed E-state index contributed by atoms with van der Waals surface area (Å²) in [5.74, 6) is 0.710. The van der Waals surface area contributed by atoms with Crippen molar-refractivity contribution in [2.45, 2.75) is 31.5 Å². The number of aryl methyl sites for hydroxylation is 3. The molecule has 2 aromatic carbocycles. The van der Waals surface area contributed by atoms with Crippen LogP contribution in [0.3, 0.4) is 0 Å². The van der Waals surface area contributed by atoms with Crippen LogP contribution in [0, 0.1) is 28.2 Å². The van der Waals surface area contributed by atoms with E-state index < -0.39 is 10.0 Å². The molecule has 0 atom stereocenters. The van der Waals surface area contributed by atoms with Crippen LogP contribution in [0.15, 0.2) is 58.8 Å². The van der Waals surface area contributed by atoms with Gasteiger partial charge in [0.1, 0.15) is 15.7 Å². The first-order valence-electron chi connectivity index (χ1n) is 10.4. The molecule has 2 heterocycles. The number of rotatable bonds is 8. The van der Waals surface area contributed by atoms with E-state index in [0.717, 1.165) is 44.8 Å². The van der Waals surface area contributed by atoms with Crippen LogP contribution in [0.5, 0.6) is 0 Å². The van der Waals surface area contributed by atoms with E-state index in [9.17, 15) is 18.0 Å². The summed E-state index contributed by atoms with van der Waals surface area (Å²) in [6, 6.07) is 17.2. The van der Waals surface area contributed by atoms with Gasteiger partial charge in [-0.2, -0.15) is 6.41 Å². The number of aldehydes is 1. The van der Waals surface area contributed by atoms with E-state index in [1.807, 2.05) is 73.9 Å². The van der Waals surface area contributed by atoms with E-state index in [4.69, 9.17) is 0 Å². The molecule has 0 unspecified atom stereocenters. The van der Waals surface area contributed by atoms with Gasteiger partial charge in [0.05, 0.1) is 12.2 Å². The average molecular weight is 597 g/mol. The summed E-state index contributed by atoms with van der Waals surface area (Å²) >= 11 is 1.10. The zero-order valence-corrected chi connectivity index (χ0v) is 24.9. The van der Waals surface area contributed by atoms with Crippen LogP contribution >= 0.6 is 11.3 Å². The molecule has 10 heteroatoms. The molecule has 1 amide bonds. The molecule has 0 fully saturated rings. The van der Waals surface area contributed by atoms with Crippen LogP contribution in [0.25, 0.3) is 22.5 Å². The van der Waals surface area contributed by atoms with Gasteiger partial charge in [0.25, 0.3) is 0 Å². The summed E-state index contributed by atoms with van der Waals surface area (Å²) in [4.78, 5) is 27.9. The summed E-state index contributed by atoms with van der Waals surface area (Å²) in [5.41, 5.74) is 5.23. The summed E-state index contributed by atoms with van der Waals surface area (Å²) in [5, 5.41) is 0. The molecular formula is C26H25N3O4S2Y-2. The molecule has 2 aromatic heterocycles. The SMILES string of the molecule is Cc1cc(-c2ccc(Cn3c(-c4ccccc4)nc(C)c3C=O)c(C)c2)c(S(=O)(=O)N[C-]=O)s1.[CH3-].[Y]. The Morgan fingerprint density at radius 1 is 1.06 bits per heavy atom. The Hall–Kier alpha value is -2.46. The zero-order valence-electron chi connectivity index (χ0n) is 20.4. The van der Waals surface area contributed by atoms with Crippen molar-refractivity contribution in [3.63, 3.8) is 0 Å². The van der Waals surface area contributed by atoms with Crippen LogP contribution in [0.1, 0.15) is 32.2 Å². The molecular weight excluding hydrogens is 571 g/mol. The van der Waals surface area contributed by atoms with Crippen LogP contribution in [-0.2, 0) is 54.1 Å². The third-order valence-corrected chi connectivity index (χ3v) is 8.37. The van der Waals surface area contributed by atoms with Gasteiger partial charge >= 0.3 is 0 Å². The second-order valence-corrected chi connectivity index (χ2v) is 11.0. The fourth-order valence-corrected chi connectivity index (χ4v) is 6.29. The van der Waals surface area contributed by atoms with Gasteiger partial charge in [-0.1, -0.05) is 48.5 Å². The van der Waals surface area contributed by atoms with Crippen molar-refractivity contribution < 1.29 is 50.7 Å². The van der Waals surface area contributed by atoms with Crippen LogP contribution in [0.2, 0.25) is 0 Å². The number of imidazole rings is 1. The Kier molecular flexibility index (Phi) is 10.1. The van der Waals surface area contributed by atoms with Crippen LogP contribution in [0.4, 0.5) is 0 Å². The number of carbonyl (C=O) groups is 1. The minimum atomic E-state index is -3.99. The Morgan fingerprint density at radius 2 is 1.75 bits per heavy atom. The van der Waals surface area contributed by atoms with E-state index in [-0.39, 0.29) is 44.3 Å². The molecule has 0 saturated carbocycles. The third-order valence-electron chi connectivity index (χ3n) is 5.56. The first-order valence-corrected chi connectivity index (χ1v) is 12.7. The van der Waals surface area contributed by atoms with Gasteiger partial charge in [-0.25, -0.2) is 13.4 Å². The molecule has 0 aliphatic heterocycles. The van der Waals surface area contributed by atoms with E-state index in [2.05, 4.69) is 4.98 Å². The van der Waals surface area contributed by atoms with Crippen molar-refractivity contribution in [3.8, 4) is 22.5 Å². The molecule has 36 heavy (non-hydrogen) atoms. The van der Waals surface area contributed by atoms with Crippen molar-refractivity contribution in [2.75, 3.05) is 0 Å². The first-order chi connectivity index (χ1) is 16.2. The fourth-order valence-electron chi connectivity index (χ4n) is 3.91. The zero-order chi connectivity index (χ0) is 24.5. The Labute approximate surface area is 240 Å². The smallest absolute Gasteiger partial charge is 0.244 e.